The van der Waals surface area contributed by atoms with Crippen LogP contribution in [0.1, 0.15) is 6.42 Å². The average Bonchev–Trinajstić information content (AvgIpc) is 2.87. The van der Waals surface area contributed by atoms with Crippen LogP contribution in [0.4, 0.5) is 16.2 Å². The van der Waals surface area contributed by atoms with E-state index in [1.165, 1.54) is 7.11 Å². The summed E-state index contributed by atoms with van der Waals surface area (Å²) >= 11 is 0. The van der Waals surface area contributed by atoms with Crippen LogP contribution in [0.3, 0.4) is 0 Å². The van der Waals surface area contributed by atoms with E-state index < -0.39 is 6.09 Å². The van der Waals surface area contributed by atoms with Gasteiger partial charge in [0.05, 0.1) is 13.0 Å². The maximum Gasteiger partial charge on any atom is 0.411 e. The van der Waals surface area contributed by atoms with Crippen LogP contribution in [-0.4, -0.2) is 25.2 Å². The van der Waals surface area contributed by atoms with Gasteiger partial charge in [-0.2, -0.15) is 0 Å². The Bertz CT molecular complexity index is 525. The van der Waals surface area contributed by atoms with E-state index in [0.717, 1.165) is 0 Å². The van der Waals surface area contributed by atoms with E-state index in [9.17, 15) is 9.59 Å². The number of amides is 2. The minimum absolute atomic E-state index is 0.0441. The fraction of sp³-hybridized carbons (Fsp3) is 0.286. The Kier molecular flexibility index (Phi) is 4.37. The topological polar surface area (TPSA) is 93.5 Å². The zero-order chi connectivity index (χ0) is 14.5. The highest BCUT2D eigenvalue weighted by atomic mass is 16.5. The number of hydrogen-bond donors (Lipinski definition) is 3. The molecule has 0 bridgehead atoms. The number of rotatable bonds is 3. The Balaban J connectivity index is 1.92. The SMILES string of the molecule is COC(=O)Nc1ccc(NC(=O)C2C=CC(N)C2)cc1. The van der Waals surface area contributed by atoms with Crippen molar-refractivity contribution in [2.75, 3.05) is 17.7 Å². The quantitative estimate of drug-likeness (QED) is 0.732. The normalized spacial score (nSPS) is 20.5. The zero-order valence-electron chi connectivity index (χ0n) is 11.1. The minimum atomic E-state index is -0.535. The predicted molar refractivity (Wildman–Crippen MR) is 76.3 cm³/mol. The summed E-state index contributed by atoms with van der Waals surface area (Å²) < 4.78 is 4.49. The number of hydrogen-bond acceptors (Lipinski definition) is 4. The lowest BCUT2D eigenvalue weighted by molar-refractivity contribution is -0.118. The second-order valence-corrected chi connectivity index (χ2v) is 4.57. The highest BCUT2D eigenvalue weighted by Crippen LogP contribution is 2.20. The van der Waals surface area contributed by atoms with Gasteiger partial charge in [0.1, 0.15) is 0 Å². The van der Waals surface area contributed by atoms with Gasteiger partial charge >= 0.3 is 6.09 Å². The number of nitrogens with one attached hydrogen (secondary N) is 2. The zero-order valence-corrected chi connectivity index (χ0v) is 11.1. The molecule has 6 heteroatoms. The lowest BCUT2D eigenvalue weighted by atomic mass is 10.1. The molecule has 1 aromatic carbocycles. The average molecular weight is 275 g/mol. The molecule has 0 saturated carbocycles. The number of carbonyl (C=O) groups excluding carboxylic acids is 2. The molecule has 0 saturated heterocycles. The molecule has 4 N–H and O–H groups in total. The predicted octanol–water partition coefficient (Wildman–Crippen LogP) is 1.71. The molecule has 2 atom stereocenters. The van der Waals surface area contributed by atoms with E-state index in [2.05, 4.69) is 15.4 Å². The first-order chi connectivity index (χ1) is 9.58. The highest BCUT2D eigenvalue weighted by molar-refractivity contribution is 5.94. The monoisotopic (exact) mass is 275 g/mol. The number of anilines is 2. The Morgan fingerprint density at radius 2 is 1.75 bits per heavy atom. The molecule has 1 aliphatic rings. The van der Waals surface area contributed by atoms with Crippen LogP contribution >= 0.6 is 0 Å². The Hall–Kier alpha value is -2.34. The van der Waals surface area contributed by atoms with Crippen molar-refractivity contribution in [3.8, 4) is 0 Å². The van der Waals surface area contributed by atoms with Crippen molar-refractivity contribution in [2.24, 2.45) is 11.7 Å². The maximum atomic E-state index is 12.0. The minimum Gasteiger partial charge on any atom is -0.453 e. The highest BCUT2D eigenvalue weighted by Gasteiger charge is 2.22. The molecular weight excluding hydrogens is 258 g/mol. The van der Waals surface area contributed by atoms with Crippen LogP contribution in [0.25, 0.3) is 0 Å². The van der Waals surface area contributed by atoms with Crippen LogP contribution in [0.5, 0.6) is 0 Å². The van der Waals surface area contributed by atoms with Crippen LogP contribution in [0.2, 0.25) is 0 Å². The largest absolute Gasteiger partial charge is 0.453 e. The van der Waals surface area contributed by atoms with E-state index in [4.69, 9.17) is 5.73 Å². The summed E-state index contributed by atoms with van der Waals surface area (Å²) in [4.78, 5) is 23.0. The molecule has 106 valence electrons. The summed E-state index contributed by atoms with van der Waals surface area (Å²) in [6.45, 7) is 0. The van der Waals surface area contributed by atoms with Gasteiger partial charge in [0, 0.05) is 17.4 Å². The third-order valence-corrected chi connectivity index (χ3v) is 3.04. The van der Waals surface area contributed by atoms with Gasteiger partial charge in [-0.05, 0) is 30.7 Å². The second-order valence-electron chi connectivity index (χ2n) is 4.57. The Morgan fingerprint density at radius 1 is 1.15 bits per heavy atom. The summed E-state index contributed by atoms with van der Waals surface area (Å²) in [6.07, 6.45) is 3.76. The van der Waals surface area contributed by atoms with Gasteiger partial charge in [-0.1, -0.05) is 12.2 Å². The molecule has 1 aliphatic carbocycles. The van der Waals surface area contributed by atoms with Crippen molar-refractivity contribution in [1.29, 1.82) is 0 Å². The summed E-state index contributed by atoms with van der Waals surface area (Å²) in [5.74, 6) is -0.263. The number of nitrogens with two attached hydrogens (primary N) is 1. The first-order valence-corrected chi connectivity index (χ1v) is 6.28. The number of benzene rings is 1. The van der Waals surface area contributed by atoms with Crippen LogP contribution in [0.15, 0.2) is 36.4 Å². The first-order valence-electron chi connectivity index (χ1n) is 6.28. The molecule has 0 fully saturated rings. The lowest BCUT2D eigenvalue weighted by Gasteiger charge is -2.11. The first kappa shape index (κ1) is 14.1. The molecular formula is C14H17N3O3. The number of methoxy groups -OCH3 is 1. The fourth-order valence-electron chi connectivity index (χ4n) is 1.96. The third kappa shape index (κ3) is 3.58. The van der Waals surface area contributed by atoms with Gasteiger partial charge in [0.25, 0.3) is 0 Å². The van der Waals surface area contributed by atoms with Gasteiger partial charge in [0.2, 0.25) is 5.91 Å². The van der Waals surface area contributed by atoms with Crippen LogP contribution in [0, 0.1) is 5.92 Å². The summed E-state index contributed by atoms with van der Waals surface area (Å²) in [5, 5.41) is 5.34. The van der Waals surface area contributed by atoms with E-state index in [1.807, 2.05) is 12.2 Å². The van der Waals surface area contributed by atoms with E-state index >= 15 is 0 Å². The van der Waals surface area contributed by atoms with E-state index in [1.54, 1.807) is 24.3 Å². The molecule has 0 aromatic heterocycles. The summed E-state index contributed by atoms with van der Waals surface area (Å²) in [6, 6.07) is 6.74. The van der Waals surface area contributed by atoms with E-state index in [0.29, 0.717) is 17.8 Å². The molecule has 0 radical (unpaired) electrons. The Labute approximate surface area is 117 Å². The molecule has 6 nitrogen and oxygen atoms in total. The van der Waals surface area contributed by atoms with Crippen molar-refractivity contribution >= 4 is 23.4 Å². The molecule has 0 aliphatic heterocycles. The van der Waals surface area contributed by atoms with Gasteiger partial charge in [0.15, 0.2) is 0 Å². The number of carbonyl (C=O) groups is 2. The van der Waals surface area contributed by atoms with Crippen LogP contribution < -0.4 is 16.4 Å². The Morgan fingerprint density at radius 3 is 2.25 bits per heavy atom. The third-order valence-electron chi connectivity index (χ3n) is 3.04. The fourth-order valence-corrected chi connectivity index (χ4v) is 1.96. The lowest BCUT2D eigenvalue weighted by Crippen LogP contribution is -2.23. The van der Waals surface area contributed by atoms with Crippen molar-refractivity contribution < 1.29 is 14.3 Å². The van der Waals surface area contributed by atoms with Gasteiger partial charge < -0.3 is 15.8 Å². The smallest absolute Gasteiger partial charge is 0.411 e. The van der Waals surface area contributed by atoms with Gasteiger partial charge in [-0.3, -0.25) is 10.1 Å². The molecule has 0 heterocycles. The molecule has 0 spiro atoms. The van der Waals surface area contributed by atoms with Gasteiger partial charge in [-0.15, -0.1) is 0 Å². The molecule has 1 aromatic rings. The molecule has 2 rings (SSSR count). The van der Waals surface area contributed by atoms with Crippen LogP contribution in [-0.2, 0) is 9.53 Å². The summed E-state index contributed by atoms with van der Waals surface area (Å²) in [7, 11) is 1.30. The van der Waals surface area contributed by atoms with Crippen molar-refractivity contribution in [3.05, 3.63) is 36.4 Å². The van der Waals surface area contributed by atoms with Gasteiger partial charge in [-0.25, -0.2) is 4.79 Å². The molecule has 20 heavy (non-hydrogen) atoms. The maximum absolute atomic E-state index is 12.0. The van der Waals surface area contributed by atoms with Crippen molar-refractivity contribution in [1.82, 2.24) is 0 Å². The molecule has 2 amide bonds. The van der Waals surface area contributed by atoms with Crippen molar-refractivity contribution in [3.63, 3.8) is 0 Å². The van der Waals surface area contributed by atoms with Crippen molar-refractivity contribution in [2.45, 2.75) is 12.5 Å². The molecule has 2 unspecified atom stereocenters. The second kappa shape index (κ2) is 6.21. The van der Waals surface area contributed by atoms with E-state index in [-0.39, 0.29) is 17.9 Å². The number of ether oxygens (including phenoxy) is 1. The standard InChI is InChI=1S/C14H17N3O3/c1-20-14(19)17-12-6-4-11(5-7-12)16-13(18)9-2-3-10(15)8-9/h2-7,9-10H,8,15H2,1H3,(H,16,18)(H,17,19). The summed E-state index contributed by atoms with van der Waals surface area (Å²) in [5.41, 5.74) is 6.98.